The predicted molar refractivity (Wildman–Crippen MR) is 124 cm³/mol. The van der Waals surface area contributed by atoms with Gasteiger partial charge in [0, 0.05) is 67.7 Å². The van der Waals surface area contributed by atoms with Crippen molar-refractivity contribution in [3.05, 3.63) is 59.7 Å². The largest absolute Gasteiger partial charge is 0.370 e. The number of hydrogen-bond donors (Lipinski definition) is 1. The molecule has 0 aromatic heterocycles. The molecule has 2 aliphatic rings. The number of carbonyl (C=O) groups is 2. The van der Waals surface area contributed by atoms with Crippen LogP contribution in [0.4, 0.5) is 16.2 Å². The summed E-state index contributed by atoms with van der Waals surface area (Å²) in [6, 6.07) is 15.4. The first-order chi connectivity index (χ1) is 14.6. The van der Waals surface area contributed by atoms with E-state index in [1.807, 2.05) is 60.0 Å². The van der Waals surface area contributed by atoms with E-state index in [0.29, 0.717) is 31.7 Å². The number of rotatable bonds is 3. The molecule has 3 amide bonds. The van der Waals surface area contributed by atoms with Crippen LogP contribution in [0.5, 0.6) is 0 Å². The van der Waals surface area contributed by atoms with Crippen molar-refractivity contribution >= 4 is 35.1 Å². The Bertz CT molecular complexity index is 891. The Morgan fingerprint density at radius 3 is 2.20 bits per heavy atom. The first kappa shape index (κ1) is 20.6. The molecule has 0 radical (unpaired) electrons. The van der Waals surface area contributed by atoms with Gasteiger partial charge in [-0.2, -0.15) is 11.8 Å². The van der Waals surface area contributed by atoms with Gasteiger partial charge in [0.15, 0.2) is 0 Å². The molecule has 0 bridgehead atoms. The molecule has 0 unspecified atom stereocenters. The Hall–Kier alpha value is -2.67. The number of aryl methyl sites for hydroxylation is 1. The van der Waals surface area contributed by atoms with E-state index in [0.717, 1.165) is 35.8 Å². The van der Waals surface area contributed by atoms with E-state index in [9.17, 15) is 9.59 Å². The van der Waals surface area contributed by atoms with Crippen molar-refractivity contribution in [2.75, 3.05) is 61.0 Å². The zero-order valence-electron chi connectivity index (χ0n) is 17.3. The van der Waals surface area contributed by atoms with Crippen LogP contribution in [0.2, 0.25) is 0 Å². The van der Waals surface area contributed by atoms with Crippen LogP contribution in [-0.4, -0.2) is 72.5 Å². The summed E-state index contributed by atoms with van der Waals surface area (Å²) in [6.07, 6.45) is 0. The van der Waals surface area contributed by atoms with E-state index < -0.39 is 0 Å². The topological polar surface area (TPSA) is 55.9 Å². The van der Waals surface area contributed by atoms with Crippen molar-refractivity contribution in [2.45, 2.75) is 6.92 Å². The number of thioether (sulfide) groups is 1. The fraction of sp³-hybridized carbons (Fsp3) is 0.391. The third kappa shape index (κ3) is 4.73. The Morgan fingerprint density at radius 1 is 0.867 bits per heavy atom. The molecule has 0 saturated carbocycles. The minimum Gasteiger partial charge on any atom is -0.370 e. The number of anilines is 2. The molecule has 0 aliphatic carbocycles. The highest BCUT2D eigenvalue weighted by atomic mass is 32.2. The van der Waals surface area contributed by atoms with Crippen LogP contribution < -0.4 is 10.2 Å². The molecule has 2 aromatic carbocycles. The maximum absolute atomic E-state index is 12.8. The van der Waals surface area contributed by atoms with E-state index in [1.165, 1.54) is 5.69 Å². The van der Waals surface area contributed by atoms with Gasteiger partial charge in [0.25, 0.3) is 5.91 Å². The van der Waals surface area contributed by atoms with Gasteiger partial charge in [0.05, 0.1) is 0 Å². The lowest BCUT2D eigenvalue weighted by Gasteiger charge is -2.35. The molecule has 7 heteroatoms. The van der Waals surface area contributed by atoms with Gasteiger partial charge < -0.3 is 20.0 Å². The highest BCUT2D eigenvalue weighted by molar-refractivity contribution is 7.99. The first-order valence-corrected chi connectivity index (χ1v) is 11.6. The number of hydrogen-bond acceptors (Lipinski definition) is 4. The molecule has 2 saturated heterocycles. The summed E-state index contributed by atoms with van der Waals surface area (Å²) in [4.78, 5) is 31.3. The van der Waals surface area contributed by atoms with Crippen molar-refractivity contribution in [3.8, 4) is 0 Å². The molecule has 1 N–H and O–H groups in total. The van der Waals surface area contributed by atoms with Gasteiger partial charge in [-0.25, -0.2) is 4.79 Å². The fourth-order valence-corrected chi connectivity index (χ4v) is 4.78. The average molecular weight is 425 g/mol. The second-order valence-electron chi connectivity index (χ2n) is 7.67. The number of amides is 3. The number of nitrogens with zero attached hydrogens (tertiary/aromatic N) is 3. The van der Waals surface area contributed by atoms with Crippen LogP contribution in [0.15, 0.2) is 48.5 Å². The predicted octanol–water partition coefficient (Wildman–Crippen LogP) is 3.54. The van der Waals surface area contributed by atoms with Crippen LogP contribution in [0.3, 0.4) is 0 Å². The molecule has 158 valence electrons. The lowest BCUT2D eigenvalue weighted by molar-refractivity contribution is 0.0671. The third-order valence-electron chi connectivity index (χ3n) is 5.70. The zero-order valence-corrected chi connectivity index (χ0v) is 18.2. The molecule has 0 atom stereocenters. The average Bonchev–Trinajstić information content (AvgIpc) is 2.81. The molecule has 2 heterocycles. The molecule has 4 rings (SSSR count). The molecule has 2 aliphatic heterocycles. The summed E-state index contributed by atoms with van der Waals surface area (Å²) < 4.78 is 0. The lowest BCUT2D eigenvalue weighted by atomic mass is 10.1. The smallest absolute Gasteiger partial charge is 0.321 e. The molecule has 2 fully saturated rings. The minimum absolute atomic E-state index is 0.0261. The molecular formula is C23H28N4O2S. The zero-order chi connectivity index (χ0) is 20.9. The number of benzene rings is 2. The Labute approximate surface area is 182 Å². The Morgan fingerprint density at radius 2 is 1.53 bits per heavy atom. The maximum atomic E-state index is 12.8. The van der Waals surface area contributed by atoms with Gasteiger partial charge >= 0.3 is 6.03 Å². The van der Waals surface area contributed by atoms with E-state index in [1.54, 1.807) is 4.90 Å². The van der Waals surface area contributed by atoms with Crippen molar-refractivity contribution in [3.63, 3.8) is 0 Å². The molecule has 6 nitrogen and oxygen atoms in total. The van der Waals surface area contributed by atoms with Crippen LogP contribution in [0.25, 0.3) is 0 Å². The van der Waals surface area contributed by atoms with Crippen molar-refractivity contribution in [1.82, 2.24) is 9.80 Å². The molecule has 0 spiro atoms. The molecule has 2 aromatic rings. The van der Waals surface area contributed by atoms with Crippen LogP contribution in [0, 0.1) is 6.92 Å². The maximum Gasteiger partial charge on any atom is 0.321 e. The number of urea groups is 1. The summed E-state index contributed by atoms with van der Waals surface area (Å²) in [5.41, 5.74) is 3.83. The number of nitrogens with one attached hydrogen (secondary N) is 1. The fourth-order valence-electron chi connectivity index (χ4n) is 3.88. The van der Waals surface area contributed by atoms with Crippen LogP contribution >= 0.6 is 11.8 Å². The van der Waals surface area contributed by atoms with Gasteiger partial charge in [-0.15, -0.1) is 0 Å². The second-order valence-corrected chi connectivity index (χ2v) is 8.90. The third-order valence-corrected chi connectivity index (χ3v) is 6.65. The molecular weight excluding hydrogens is 396 g/mol. The highest BCUT2D eigenvalue weighted by Gasteiger charge is 2.25. The summed E-state index contributed by atoms with van der Waals surface area (Å²) >= 11 is 2.00. The van der Waals surface area contributed by atoms with E-state index in [4.69, 9.17) is 0 Å². The quantitative estimate of drug-likeness (QED) is 0.819. The van der Waals surface area contributed by atoms with Gasteiger partial charge in [0.1, 0.15) is 0 Å². The summed E-state index contributed by atoms with van der Waals surface area (Å²) in [7, 11) is 0. The van der Waals surface area contributed by atoms with Gasteiger partial charge in [-0.05, 0) is 42.8 Å². The van der Waals surface area contributed by atoms with Crippen molar-refractivity contribution in [1.29, 1.82) is 0 Å². The first-order valence-electron chi connectivity index (χ1n) is 10.5. The van der Waals surface area contributed by atoms with E-state index >= 15 is 0 Å². The van der Waals surface area contributed by atoms with Gasteiger partial charge in [-0.3, -0.25) is 4.79 Å². The normalized spacial score (nSPS) is 17.0. The van der Waals surface area contributed by atoms with Crippen molar-refractivity contribution in [2.24, 2.45) is 0 Å². The van der Waals surface area contributed by atoms with Crippen LogP contribution in [-0.2, 0) is 0 Å². The van der Waals surface area contributed by atoms with E-state index in [-0.39, 0.29) is 11.9 Å². The second kappa shape index (κ2) is 9.43. The Balaban J connectivity index is 1.32. The number of piperazine rings is 1. The highest BCUT2D eigenvalue weighted by Crippen LogP contribution is 2.25. The summed E-state index contributed by atoms with van der Waals surface area (Å²) in [5, 5.41) is 3.05. The SMILES string of the molecule is Cc1cc(N2CCSCC2)ccc1NC(=O)N1CCN(C(=O)c2ccccc2)CC1. The number of carbonyl (C=O) groups excluding carboxylic acids is 2. The monoisotopic (exact) mass is 424 g/mol. The van der Waals surface area contributed by atoms with Crippen LogP contribution in [0.1, 0.15) is 15.9 Å². The molecule has 30 heavy (non-hydrogen) atoms. The van der Waals surface area contributed by atoms with E-state index in [2.05, 4.69) is 22.3 Å². The summed E-state index contributed by atoms with van der Waals surface area (Å²) in [6.45, 7) is 6.34. The summed E-state index contributed by atoms with van der Waals surface area (Å²) in [5.74, 6) is 2.35. The van der Waals surface area contributed by atoms with Gasteiger partial charge in [0.2, 0.25) is 0 Å². The van der Waals surface area contributed by atoms with Crippen molar-refractivity contribution < 1.29 is 9.59 Å². The Kier molecular flexibility index (Phi) is 6.47. The lowest BCUT2D eigenvalue weighted by Crippen LogP contribution is -2.51. The minimum atomic E-state index is -0.105. The standard InChI is InChI=1S/C23H28N4O2S/c1-18-17-20(25-13-15-30-16-14-25)7-8-21(18)24-23(29)27-11-9-26(10-12-27)22(28)19-5-3-2-4-6-19/h2-8,17H,9-16H2,1H3,(H,24,29). The van der Waals surface area contributed by atoms with Gasteiger partial charge in [-0.1, -0.05) is 18.2 Å².